The molecule has 11 heteroatoms. The highest BCUT2D eigenvalue weighted by Gasteiger charge is 2.82. The molecule has 1 spiro atoms. The number of rotatable bonds is 8. The van der Waals surface area contributed by atoms with Crippen LogP contribution in [-0.4, -0.2) is 70.7 Å². The zero-order valence-electron chi connectivity index (χ0n) is 26.7. The van der Waals surface area contributed by atoms with E-state index in [9.17, 15) is 24.3 Å². The van der Waals surface area contributed by atoms with E-state index in [4.69, 9.17) is 28.1 Å². The fraction of sp³-hybridized carbons (Fsp3) is 0.588. The Labute approximate surface area is 262 Å². The lowest BCUT2D eigenvalue weighted by atomic mass is 9.47. The first-order valence-corrected chi connectivity index (χ1v) is 15.4. The standard InChI is InChI=1S/C34H42O11/c1-8-18(2)29(37)42-23-16-19(3)34-26(36)24(32(5,6)45-34)25(43-31(39)22-14-15-40-17-22)28(33(34,7)27(23)41-20(4)35)44-30(38)21-12-10-9-11-13-21/h9-15,17-19,23-28,36H,8,16H2,1-7H3/t18-,19-,23+,24-,25-,26-,27+,28+,33+,34-/m1/s1. The summed E-state index contributed by atoms with van der Waals surface area (Å²) < 4.78 is 36.4. The van der Waals surface area contributed by atoms with E-state index in [1.54, 1.807) is 58.0 Å². The van der Waals surface area contributed by atoms with E-state index in [1.807, 2.05) is 13.8 Å². The molecule has 10 atom stereocenters. The highest BCUT2D eigenvalue weighted by molar-refractivity contribution is 5.90. The first-order chi connectivity index (χ1) is 21.2. The van der Waals surface area contributed by atoms with Gasteiger partial charge in [-0.3, -0.25) is 9.59 Å². The van der Waals surface area contributed by atoms with Crippen molar-refractivity contribution in [3.8, 4) is 0 Å². The quantitative estimate of drug-likeness (QED) is 0.326. The predicted octanol–water partition coefficient (Wildman–Crippen LogP) is 4.50. The number of carbonyl (C=O) groups is 4. The van der Waals surface area contributed by atoms with Gasteiger partial charge >= 0.3 is 23.9 Å². The van der Waals surface area contributed by atoms with Crippen LogP contribution in [0.3, 0.4) is 0 Å². The van der Waals surface area contributed by atoms with Gasteiger partial charge in [-0.1, -0.05) is 39.0 Å². The van der Waals surface area contributed by atoms with E-state index in [1.165, 1.54) is 25.5 Å². The molecular formula is C34H42O11. The van der Waals surface area contributed by atoms with Crippen molar-refractivity contribution in [1.29, 1.82) is 0 Å². The Kier molecular flexibility index (Phi) is 8.65. The van der Waals surface area contributed by atoms with E-state index in [0.29, 0.717) is 6.42 Å². The van der Waals surface area contributed by atoms with Crippen molar-refractivity contribution < 1.29 is 52.4 Å². The maximum atomic E-state index is 13.8. The number of aliphatic hydroxyl groups excluding tert-OH is 1. The molecule has 2 heterocycles. The van der Waals surface area contributed by atoms with Crippen molar-refractivity contribution in [1.82, 2.24) is 0 Å². The second-order valence-electron chi connectivity index (χ2n) is 13.3. The van der Waals surface area contributed by atoms with E-state index < -0.39 is 88.8 Å². The van der Waals surface area contributed by atoms with Crippen LogP contribution in [0.5, 0.6) is 0 Å². The van der Waals surface area contributed by atoms with Crippen molar-refractivity contribution in [2.24, 2.45) is 23.2 Å². The van der Waals surface area contributed by atoms with Crippen molar-refractivity contribution in [3.63, 3.8) is 0 Å². The number of ether oxygens (including phenoxy) is 5. The van der Waals surface area contributed by atoms with Gasteiger partial charge in [0.1, 0.15) is 24.1 Å². The molecule has 2 aromatic rings. The van der Waals surface area contributed by atoms with E-state index in [-0.39, 0.29) is 17.5 Å². The molecular weight excluding hydrogens is 584 g/mol. The van der Waals surface area contributed by atoms with Gasteiger partial charge in [-0.15, -0.1) is 0 Å². The second-order valence-corrected chi connectivity index (χ2v) is 13.3. The molecule has 1 aromatic carbocycles. The molecule has 1 saturated heterocycles. The van der Waals surface area contributed by atoms with Crippen LogP contribution in [0.1, 0.15) is 82.0 Å². The Morgan fingerprint density at radius 1 is 0.956 bits per heavy atom. The van der Waals surface area contributed by atoms with Crippen molar-refractivity contribution in [2.75, 3.05) is 0 Å². The minimum atomic E-state index is -1.59. The van der Waals surface area contributed by atoms with Crippen LogP contribution in [0, 0.1) is 23.2 Å². The van der Waals surface area contributed by atoms with Crippen molar-refractivity contribution in [3.05, 3.63) is 60.1 Å². The van der Waals surface area contributed by atoms with E-state index in [2.05, 4.69) is 0 Å². The summed E-state index contributed by atoms with van der Waals surface area (Å²) >= 11 is 0. The molecule has 2 bridgehead atoms. The van der Waals surface area contributed by atoms with Gasteiger partial charge in [0, 0.05) is 6.92 Å². The van der Waals surface area contributed by atoms with Crippen molar-refractivity contribution >= 4 is 23.9 Å². The largest absolute Gasteiger partial charge is 0.472 e. The van der Waals surface area contributed by atoms with Gasteiger partial charge in [0.25, 0.3) is 0 Å². The molecule has 0 unspecified atom stereocenters. The lowest BCUT2D eigenvalue weighted by Crippen LogP contribution is -2.78. The summed E-state index contributed by atoms with van der Waals surface area (Å²) in [4.78, 5) is 53.1. The smallest absolute Gasteiger partial charge is 0.341 e. The Hall–Kier alpha value is -3.70. The molecule has 1 aliphatic heterocycles. The van der Waals surface area contributed by atoms with E-state index >= 15 is 0 Å². The normalized spacial score (nSPS) is 35.4. The summed E-state index contributed by atoms with van der Waals surface area (Å²) in [5, 5.41) is 12.3. The summed E-state index contributed by atoms with van der Waals surface area (Å²) in [5.41, 5.74) is -3.82. The van der Waals surface area contributed by atoms with Gasteiger partial charge in [-0.05, 0) is 57.7 Å². The number of aliphatic hydroxyl groups is 1. The Morgan fingerprint density at radius 2 is 1.62 bits per heavy atom. The van der Waals surface area contributed by atoms with Crippen LogP contribution >= 0.6 is 0 Å². The molecule has 244 valence electrons. The Morgan fingerprint density at radius 3 is 2.22 bits per heavy atom. The summed E-state index contributed by atoms with van der Waals surface area (Å²) in [5.74, 6) is -4.43. The molecule has 0 radical (unpaired) electrons. The fourth-order valence-corrected chi connectivity index (χ4v) is 7.88. The summed E-state index contributed by atoms with van der Waals surface area (Å²) in [6.07, 6.45) is -2.84. The van der Waals surface area contributed by atoms with Crippen molar-refractivity contribution in [2.45, 2.75) is 103 Å². The molecule has 5 rings (SSSR count). The van der Waals surface area contributed by atoms with Gasteiger partial charge in [-0.2, -0.15) is 0 Å². The molecule has 2 saturated carbocycles. The molecule has 2 aliphatic carbocycles. The minimum Gasteiger partial charge on any atom is -0.472 e. The lowest BCUT2D eigenvalue weighted by Gasteiger charge is -2.63. The maximum absolute atomic E-state index is 13.8. The molecule has 45 heavy (non-hydrogen) atoms. The van der Waals surface area contributed by atoms with Crippen LogP contribution in [-0.2, 0) is 33.3 Å². The fourth-order valence-electron chi connectivity index (χ4n) is 7.88. The van der Waals surface area contributed by atoms with Gasteiger partial charge in [-0.25, -0.2) is 9.59 Å². The molecule has 11 nitrogen and oxygen atoms in total. The molecule has 0 amide bonds. The first kappa shape index (κ1) is 32.7. The third-order valence-electron chi connectivity index (χ3n) is 10.2. The van der Waals surface area contributed by atoms with Gasteiger partial charge in [0.15, 0.2) is 12.2 Å². The number of hydrogen-bond acceptors (Lipinski definition) is 11. The highest BCUT2D eigenvalue weighted by Crippen LogP contribution is 2.67. The summed E-state index contributed by atoms with van der Waals surface area (Å²) in [7, 11) is 0. The van der Waals surface area contributed by atoms with E-state index in [0.717, 1.165) is 0 Å². The average molecular weight is 627 g/mol. The molecule has 1 aromatic heterocycles. The first-order valence-electron chi connectivity index (χ1n) is 15.4. The van der Waals surface area contributed by atoms with Crippen LogP contribution in [0.2, 0.25) is 0 Å². The predicted molar refractivity (Wildman–Crippen MR) is 158 cm³/mol. The number of hydrogen-bond donors (Lipinski definition) is 1. The topological polar surface area (TPSA) is 148 Å². The van der Waals surface area contributed by atoms with Gasteiger partial charge in [0.2, 0.25) is 0 Å². The zero-order chi connectivity index (χ0) is 32.9. The SMILES string of the molecule is CC[C@@H](C)C(=O)O[C@H]1C[C@@H](C)[C@]23OC(C)(C)[C@H]([C@@H](OC(=O)c4ccoc4)[C@H](OC(=O)c4ccccc4)[C@]2(C)[C@H]1OC(C)=O)[C@H]3O. The van der Waals surface area contributed by atoms with Gasteiger partial charge in [0.05, 0.1) is 46.3 Å². The van der Waals surface area contributed by atoms with Crippen LogP contribution in [0.15, 0.2) is 53.3 Å². The third-order valence-corrected chi connectivity index (χ3v) is 10.2. The van der Waals surface area contributed by atoms with Crippen LogP contribution in [0.4, 0.5) is 0 Å². The Bertz CT molecular complexity index is 1420. The molecule has 1 N–H and O–H groups in total. The lowest BCUT2D eigenvalue weighted by molar-refractivity contribution is -0.313. The Balaban J connectivity index is 1.71. The second kappa shape index (κ2) is 11.9. The molecule has 3 aliphatic rings. The van der Waals surface area contributed by atoms with Crippen LogP contribution in [0.25, 0.3) is 0 Å². The number of furan rings is 1. The number of carbonyl (C=O) groups excluding carboxylic acids is 4. The zero-order valence-corrected chi connectivity index (χ0v) is 26.7. The monoisotopic (exact) mass is 626 g/mol. The number of fused-ring (bicyclic) bond motifs is 1. The third kappa shape index (κ3) is 5.23. The van der Waals surface area contributed by atoms with Gasteiger partial charge < -0.3 is 33.2 Å². The number of benzene rings is 1. The van der Waals surface area contributed by atoms with Crippen LogP contribution < -0.4 is 0 Å². The summed E-state index contributed by atoms with van der Waals surface area (Å²) in [6, 6.07) is 9.74. The average Bonchev–Trinajstić information content (AvgIpc) is 3.59. The number of esters is 4. The maximum Gasteiger partial charge on any atom is 0.341 e. The minimum absolute atomic E-state index is 0.116. The summed E-state index contributed by atoms with van der Waals surface area (Å²) in [6.45, 7) is 11.9. The molecule has 3 fully saturated rings. The highest BCUT2D eigenvalue weighted by atomic mass is 16.6.